The number of methoxy groups -OCH3 is 2. The summed E-state index contributed by atoms with van der Waals surface area (Å²) >= 11 is 0. The zero-order valence-electron chi connectivity index (χ0n) is 12.7. The Balaban J connectivity index is 2.61. The molecule has 0 heterocycles. The minimum Gasteiger partial charge on any atom is -0.497 e. The summed E-state index contributed by atoms with van der Waals surface area (Å²) < 4.78 is 10.6. The molecule has 1 aromatic rings. The maximum atomic E-state index is 5.38. The fourth-order valence-electron chi connectivity index (χ4n) is 2.12. The molecule has 4 heteroatoms. The lowest BCUT2D eigenvalue weighted by Gasteiger charge is -2.26. The lowest BCUT2D eigenvalue weighted by atomic mass is 10.0. The Kier molecular flexibility index (Phi) is 6.12. The van der Waals surface area contributed by atoms with Crippen LogP contribution >= 0.6 is 0 Å². The fraction of sp³-hybridized carbons (Fsp3) is 0.600. The number of rotatable bonds is 8. The van der Waals surface area contributed by atoms with Crippen molar-refractivity contribution in [3.8, 4) is 11.5 Å². The molecule has 1 rings (SSSR count). The van der Waals surface area contributed by atoms with Crippen LogP contribution in [0.5, 0.6) is 11.5 Å². The summed E-state index contributed by atoms with van der Waals surface area (Å²) in [6.07, 6.45) is 0.910. The molecule has 0 amide bonds. The highest BCUT2D eigenvalue weighted by atomic mass is 16.5. The van der Waals surface area contributed by atoms with E-state index < -0.39 is 0 Å². The Morgan fingerprint density at radius 1 is 1.16 bits per heavy atom. The number of nitrogens with one attached hydrogen (secondary N) is 2. The molecule has 0 aromatic heterocycles. The van der Waals surface area contributed by atoms with Crippen LogP contribution < -0.4 is 20.1 Å². The fourth-order valence-corrected chi connectivity index (χ4v) is 2.12. The maximum absolute atomic E-state index is 5.38. The molecule has 0 spiro atoms. The Bertz CT molecular complexity index is 392. The van der Waals surface area contributed by atoms with Crippen molar-refractivity contribution >= 4 is 0 Å². The molecule has 0 bridgehead atoms. The summed E-state index contributed by atoms with van der Waals surface area (Å²) in [6.45, 7) is 6.21. The van der Waals surface area contributed by atoms with Gasteiger partial charge in [0.1, 0.15) is 11.5 Å². The largest absolute Gasteiger partial charge is 0.497 e. The molecule has 19 heavy (non-hydrogen) atoms. The third kappa shape index (κ3) is 5.09. The van der Waals surface area contributed by atoms with Crippen LogP contribution in [0, 0.1) is 0 Å². The van der Waals surface area contributed by atoms with Gasteiger partial charge in [0.05, 0.1) is 14.2 Å². The third-order valence-electron chi connectivity index (χ3n) is 3.10. The van der Waals surface area contributed by atoms with Crippen molar-refractivity contribution < 1.29 is 9.47 Å². The Morgan fingerprint density at radius 2 is 1.89 bits per heavy atom. The summed E-state index contributed by atoms with van der Waals surface area (Å²) in [6, 6.07) is 5.90. The maximum Gasteiger partial charge on any atom is 0.122 e. The molecule has 0 fully saturated rings. The van der Waals surface area contributed by atoms with Crippen LogP contribution in [0.4, 0.5) is 0 Å². The van der Waals surface area contributed by atoms with Gasteiger partial charge in [0.25, 0.3) is 0 Å². The highest BCUT2D eigenvalue weighted by Crippen LogP contribution is 2.24. The highest BCUT2D eigenvalue weighted by molar-refractivity contribution is 5.40. The first-order valence-electron chi connectivity index (χ1n) is 6.63. The quantitative estimate of drug-likeness (QED) is 0.753. The Hall–Kier alpha value is -1.26. The van der Waals surface area contributed by atoms with Crippen molar-refractivity contribution in [1.29, 1.82) is 0 Å². The van der Waals surface area contributed by atoms with Gasteiger partial charge in [0.15, 0.2) is 0 Å². The molecule has 0 unspecified atom stereocenters. The molecule has 0 aliphatic heterocycles. The van der Waals surface area contributed by atoms with Crippen molar-refractivity contribution in [2.75, 3.05) is 34.4 Å². The van der Waals surface area contributed by atoms with Gasteiger partial charge in [-0.1, -0.05) is 0 Å². The molecular weight excluding hydrogens is 240 g/mol. The second kappa shape index (κ2) is 7.36. The third-order valence-corrected chi connectivity index (χ3v) is 3.10. The molecule has 0 aliphatic carbocycles. The molecular formula is C15H26N2O2. The lowest BCUT2D eigenvalue weighted by molar-refractivity contribution is 0.373. The van der Waals surface area contributed by atoms with Crippen LogP contribution in [0.3, 0.4) is 0 Å². The predicted molar refractivity (Wildman–Crippen MR) is 79.3 cm³/mol. The molecule has 0 atom stereocenters. The van der Waals surface area contributed by atoms with Gasteiger partial charge in [-0.25, -0.2) is 0 Å². The van der Waals surface area contributed by atoms with E-state index in [9.17, 15) is 0 Å². The Morgan fingerprint density at radius 3 is 2.47 bits per heavy atom. The smallest absolute Gasteiger partial charge is 0.122 e. The van der Waals surface area contributed by atoms with Crippen LogP contribution in [0.2, 0.25) is 0 Å². The van der Waals surface area contributed by atoms with Gasteiger partial charge in [-0.2, -0.15) is 0 Å². The van der Waals surface area contributed by atoms with Crippen LogP contribution in [0.25, 0.3) is 0 Å². The second-order valence-electron chi connectivity index (χ2n) is 5.27. The van der Waals surface area contributed by atoms with Crippen LogP contribution in [-0.2, 0) is 6.42 Å². The second-order valence-corrected chi connectivity index (χ2v) is 5.27. The van der Waals surface area contributed by atoms with E-state index in [0.717, 1.165) is 36.6 Å². The first kappa shape index (κ1) is 15.8. The van der Waals surface area contributed by atoms with Crippen LogP contribution in [0.15, 0.2) is 18.2 Å². The number of hydrogen-bond acceptors (Lipinski definition) is 4. The number of benzene rings is 1. The van der Waals surface area contributed by atoms with E-state index in [1.807, 2.05) is 25.2 Å². The van der Waals surface area contributed by atoms with Gasteiger partial charge in [-0.15, -0.1) is 0 Å². The first-order chi connectivity index (χ1) is 9.02. The first-order valence-corrected chi connectivity index (χ1v) is 6.63. The van der Waals surface area contributed by atoms with Crippen molar-refractivity contribution in [2.24, 2.45) is 0 Å². The topological polar surface area (TPSA) is 42.5 Å². The summed E-state index contributed by atoms with van der Waals surface area (Å²) in [5.74, 6) is 1.78. The SMILES string of the molecule is CNCC(C)(C)NCCc1cc(OC)ccc1OC. The zero-order valence-corrected chi connectivity index (χ0v) is 12.7. The highest BCUT2D eigenvalue weighted by Gasteiger charge is 2.15. The monoisotopic (exact) mass is 266 g/mol. The molecule has 0 saturated carbocycles. The Labute approximate surface area is 116 Å². The standard InChI is InChI=1S/C15H26N2O2/c1-15(2,11-16-3)17-9-8-12-10-13(18-4)6-7-14(12)19-5/h6-7,10,16-17H,8-9,11H2,1-5H3. The van der Waals surface area contributed by atoms with Gasteiger partial charge in [0.2, 0.25) is 0 Å². The summed E-state index contributed by atoms with van der Waals surface area (Å²) in [4.78, 5) is 0. The van der Waals surface area contributed by atoms with E-state index in [1.54, 1.807) is 14.2 Å². The van der Waals surface area contributed by atoms with Gasteiger partial charge >= 0.3 is 0 Å². The van der Waals surface area contributed by atoms with Gasteiger partial charge < -0.3 is 20.1 Å². The number of ether oxygens (including phenoxy) is 2. The van der Waals surface area contributed by atoms with E-state index in [1.165, 1.54) is 0 Å². The summed E-state index contributed by atoms with van der Waals surface area (Å²) in [5.41, 5.74) is 1.25. The van der Waals surface area contributed by atoms with E-state index in [2.05, 4.69) is 24.5 Å². The average molecular weight is 266 g/mol. The molecule has 2 N–H and O–H groups in total. The van der Waals surface area contributed by atoms with E-state index in [0.29, 0.717) is 0 Å². The van der Waals surface area contributed by atoms with Crippen molar-refractivity contribution in [3.63, 3.8) is 0 Å². The molecule has 0 saturated heterocycles. The summed E-state index contributed by atoms with van der Waals surface area (Å²) in [5, 5.41) is 6.73. The molecule has 0 radical (unpaired) electrons. The predicted octanol–water partition coefficient (Wildman–Crippen LogP) is 1.83. The minimum atomic E-state index is 0.0842. The average Bonchev–Trinajstić information content (AvgIpc) is 2.38. The molecule has 1 aromatic carbocycles. The minimum absolute atomic E-state index is 0.0842. The van der Waals surface area contributed by atoms with Gasteiger partial charge in [-0.05, 0) is 57.6 Å². The molecule has 108 valence electrons. The van der Waals surface area contributed by atoms with E-state index >= 15 is 0 Å². The van der Waals surface area contributed by atoms with Gasteiger partial charge in [-0.3, -0.25) is 0 Å². The number of likely N-dealkylation sites (N-methyl/N-ethyl adjacent to an activating group) is 1. The van der Waals surface area contributed by atoms with Crippen LogP contribution in [0.1, 0.15) is 19.4 Å². The van der Waals surface area contributed by atoms with Crippen molar-refractivity contribution in [1.82, 2.24) is 10.6 Å². The van der Waals surface area contributed by atoms with E-state index in [-0.39, 0.29) is 5.54 Å². The van der Waals surface area contributed by atoms with E-state index in [4.69, 9.17) is 9.47 Å². The summed E-state index contributed by atoms with van der Waals surface area (Å²) in [7, 11) is 5.35. The zero-order chi connectivity index (χ0) is 14.3. The van der Waals surface area contributed by atoms with Crippen molar-refractivity contribution in [3.05, 3.63) is 23.8 Å². The van der Waals surface area contributed by atoms with Gasteiger partial charge in [0, 0.05) is 12.1 Å². The lowest BCUT2D eigenvalue weighted by Crippen LogP contribution is -2.47. The normalized spacial score (nSPS) is 11.4. The van der Waals surface area contributed by atoms with Crippen molar-refractivity contribution in [2.45, 2.75) is 25.8 Å². The van der Waals surface area contributed by atoms with Crippen LogP contribution in [-0.4, -0.2) is 39.9 Å². The number of hydrogen-bond donors (Lipinski definition) is 2. The molecule has 0 aliphatic rings. The molecule has 4 nitrogen and oxygen atoms in total.